The van der Waals surface area contributed by atoms with Crippen molar-refractivity contribution in [3.63, 3.8) is 0 Å². The van der Waals surface area contributed by atoms with E-state index in [1.165, 1.54) is 4.90 Å². The zero-order valence-corrected chi connectivity index (χ0v) is 10.2. The molecule has 1 saturated heterocycles. The average Bonchev–Trinajstić information content (AvgIpc) is 3.10. The first-order valence-electron chi connectivity index (χ1n) is 6.10. The lowest BCUT2D eigenvalue weighted by atomic mass is 10.3. The summed E-state index contributed by atoms with van der Waals surface area (Å²) in [5.74, 6) is 1.09. The van der Waals surface area contributed by atoms with E-state index in [0.717, 1.165) is 18.7 Å². The molecule has 0 spiro atoms. The Labute approximate surface area is 104 Å². The van der Waals surface area contributed by atoms with Gasteiger partial charge in [0.1, 0.15) is 12.4 Å². The molecule has 2 amide bonds. The molecule has 2 fully saturated rings. The van der Waals surface area contributed by atoms with Gasteiger partial charge < -0.3 is 9.80 Å². The molecule has 1 aliphatic heterocycles. The van der Waals surface area contributed by atoms with Crippen LogP contribution in [0, 0.1) is 0 Å². The van der Waals surface area contributed by atoms with Gasteiger partial charge in [-0.05, 0) is 12.8 Å². The molecule has 18 heavy (non-hydrogen) atoms. The fourth-order valence-electron chi connectivity index (χ4n) is 1.98. The van der Waals surface area contributed by atoms with Gasteiger partial charge in [-0.2, -0.15) is 0 Å². The van der Waals surface area contributed by atoms with Crippen LogP contribution in [0.4, 0.5) is 0 Å². The molecule has 1 aliphatic carbocycles. The number of piperazine rings is 1. The summed E-state index contributed by atoms with van der Waals surface area (Å²) >= 11 is 0. The van der Waals surface area contributed by atoms with Gasteiger partial charge in [0.2, 0.25) is 11.7 Å². The first-order chi connectivity index (χ1) is 8.65. The summed E-state index contributed by atoms with van der Waals surface area (Å²) in [5.41, 5.74) is 0. The third-order valence-electron chi connectivity index (χ3n) is 3.40. The second-order valence-electron chi connectivity index (χ2n) is 4.86. The number of aromatic nitrogens is 3. The van der Waals surface area contributed by atoms with Crippen molar-refractivity contribution < 1.29 is 9.59 Å². The molecule has 1 saturated carbocycles. The van der Waals surface area contributed by atoms with Gasteiger partial charge >= 0.3 is 0 Å². The van der Waals surface area contributed by atoms with Gasteiger partial charge in [-0.15, -0.1) is 5.10 Å². The van der Waals surface area contributed by atoms with Gasteiger partial charge in [0.25, 0.3) is 5.91 Å². The van der Waals surface area contributed by atoms with Gasteiger partial charge in [0.15, 0.2) is 0 Å². The monoisotopic (exact) mass is 249 g/mol. The maximum atomic E-state index is 12.1. The molecule has 1 aromatic heterocycles. The molecule has 2 heterocycles. The summed E-state index contributed by atoms with van der Waals surface area (Å²) in [7, 11) is 1.74. The van der Waals surface area contributed by atoms with E-state index in [0.29, 0.717) is 19.0 Å². The van der Waals surface area contributed by atoms with Crippen LogP contribution in [0.1, 0.15) is 35.2 Å². The lowest BCUT2D eigenvalue weighted by molar-refractivity contribution is -0.133. The molecule has 1 aromatic rings. The van der Waals surface area contributed by atoms with Crippen molar-refractivity contribution in [2.24, 2.45) is 0 Å². The highest BCUT2D eigenvalue weighted by molar-refractivity contribution is 5.94. The Hall–Kier alpha value is -1.92. The van der Waals surface area contributed by atoms with Crippen LogP contribution in [0.3, 0.4) is 0 Å². The van der Waals surface area contributed by atoms with Crippen LogP contribution in [-0.4, -0.2) is 63.5 Å². The zero-order chi connectivity index (χ0) is 12.7. The third-order valence-corrected chi connectivity index (χ3v) is 3.40. The SMILES string of the molecule is CN1CCN(C(=O)c2n[nH]c(C3CC3)n2)CC1=O. The second kappa shape index (κ2) is 4.08. The van der Waals surface area contributed by atoms with Crippen molar-refractivity contribution in [2.75, 3.05) is 26.7 Å². The Morgan fingerprint density at radius 3 is 2.83 bits per heavy atom. The number of rotatable bonds is 2. The summed E-state index contributed by atoms with van der Waals surface area (Å²) < 4.78 is 0. The molecule has 2 aliphatic rings. The van der Waals surface area contributed by atoms with Crippen molar-refractivity contribution in [3.05, 3.63) is 11.6 Å². The minimum atomic E-state index is -0.264. The summed E-state index contributed by atoms with van der Waals surface area (Å²) in [5, 5.41) is 6.75. The van der Waals surface area contributed by atoms with Crippen molar-refractivity contribution >= 4 is 11.8 Å². The number of nitrogens with zero attached hydrogens (tertiary/aromatic N) is 4. The minimum absolute atomic E-state index is 0.0486. The van der Waals surface area contributed by atoms with Crippen LogP contribution >= 0.6 is 0 Å². The summed E-state index contributed by atoms with van der Waals surface area (Å²) in [6.07, 6.45) is 2.21. The number of carbonyl (C=O) groups excluding carboxylic acids is 2. The fourth-order valence-corrected chi connectivity index (χ4v) is 1.98. The van der Waals surface area contributed by atoms with E-state index in [1.54, 1.807) is 11.9 Å². The highest BCUT2D eigenvalue weighted by atomic mass is 16.2. The molecule has 3 rings (SSSR count). The van der Waals surface area contributed by atoms with E-state index in [4.69, 9.17) is 0 Å². The molecule has 0 atom stereocenters. The van der Waals surface area contributed by atoms with Gasteiger partial charge in [0.05, 0.1) is 0 Å². The van der Waals surface area contributed by atoms with Crippen LogP contribution in [0.25, 0.3) is 0 Å². The van der Waals surface area contributed by atoms with E-state index < -0.39 is 0 Å². The summed E-state index contributed by atoms with van der Waals surface area (Å²) in [6, 6.07) is 0. The van der Waals surface area contributed by atoms with Gasteiger partial charge in [-0.3, -0.25) is 14.7 Å². The number of amides is 2. The molecule has 0 bridgehead atoms. The average molecular weight is 249 g/mol. The number of carbonyl (C=O) groups is 2. The summed E-state index contributed by atoms with van der Waals surface area (Å²) in [4.78, 5) is 31.0. The Bertz CT molecular complexity index is 493. The van der Waals surface area contributed by atoms with Crippen LogP contribution in [0.15, 0.2) is 0 Å². The Kier molecular flexibility index (Phi) is 2.53. The van der Waals surface area contributed by atoms with Crippen LogP contribution in [-0.2, 0) is 4.79 Å². The molecule has 7 nitrogen and oxygen atoms in total. The molecule has 1 N–H and O–H groups in total. The standard InChI is InChI=1S/C11H15N5O2/c1-15-4-5-16(6-8(15)17)11(18)10-12-9(13-14-10)7-2-3-7/h7H,2-6H2,1H3,(H,12,13,14). The van der Waals surface area contributed by atoms with Gasteiger partial charge in [-0.1, -0.05) is 0 Å². The van der Waals surface area contributed by atoms with Gasteiger partial charge in [-0.25, -0.2) is 4.98 Å². The van der Waals surface area contributed by atoms with Crippen molar-refractivity contribution in [3.8, 4) is 0 Å². The first-order valence-corrected chi connectivity index (χ1v) is 6.10. The highest BCUT2D eigenvalue weighted by Crippen LogP contribution is 2.37. The largest absolute Gasteiger partial charge is 0.342 e. The first kappa shape index (κ1) is 11.2. The lowest BCUT2D eigenvalue weighted by Crippen LogP contribution is -2.50. The number of H-pyrrole nitrogens is 1. The second-order valence-corrected chi connectivity index (χ2v) is 4.86. The number of aromatic amines is 1. The number of likely N-dealkylation sites (N-methyl/N-ethyl adjacent to an activating group) is 1. The smallest absolute Gasteiger partial charge is 0.294 e. The lowest BCUT2D eigenvalue weighted by Gasteiger charge is -2.31. The Morgan fingerprint density at radius 1 is 1.39 bits per heavy atom. The van der Waals surface area contributed by atoms with Crippen molar-refractivity contribution in [1.82, 2.24) is 25.0 Å². The zero-order valence-electron chi connectivity index (χ0n) is 10.2. The number of hydrogen-bond donors (Lipinski definition) is 1. The van der Waals surface area contributed by atoms with Crippen LogP contribution in [0.5, 0.6) is 0 Å². The molecular weight excluding hydrogens is 234 g/mol. The fraction of sp³-hybridized carbons (Fsp3) is 0.636. The van der Waals surface area contributed by atoms with Crippen molar-refractivity contribution in [1.29, 1.82) is 0 Å². The summed E-state index contributed by atoms with van der Waals surface area (Å²) in [6.45, 7) is 1.21. The van der Waals surface area contributed by atoms with E-state index in [1.807, 2.05) is 0 Å². The Balaban J connectivity index is 1.71. The van der Waals surface area contributed by atoms with Crippen molar-refractivity contribution in [2.45, 2.75) is 18.8 Å². The predicted molar refractivity (Wildman–Crippen MR) is 61.9 cm³/mol. The van der Waals surface area contributed by atoms with E-state index >= 15 is 0 Å². The molecular formula is C11H15N5O2. The maximum Gasteiger partial charge on any atom is 0.294 e. The highest BCUT2D eigenvalue weighted by Gasteiger charge is 2.31. The van der Waals surface area contributed by atoms with E-state index in [9.17, 15) is 9.59 Å². The molecule has 96 valence electrons. The van der Waals surface area contributed by atoms with E-state index in [2.05, 4.69) is 15.2 Å². The topological polar surface area (TPSA) is 82.2 Å². The molecule has 0 radical (unpaired) electrons. The number of hydrogen-bond acceptors (Lipinski definition) is 4. The predicted octanol–water partition coefficient (Wildman–Crippen LogP) is -0.404. The quantitative estimate of drug-likeness (QED) is 0.773. The van der Waals surface area contributed by atoms with E-state index in [-0.39, 0.29) is 24.2 Å². The molecule has 0 unspecified atom stereocenters. The molecule has 7 heteroatoms. The normalized spacial score (nSPS) is 20.4. The minimum Gasteiger partial charge on any atom is -0.342 e. The maximum absolute atomic E-state index is 12.1. The van der Waals surface area contributed by atoms with Crippen LogP contribution in [0.2, 0.25) is 0 Å². The third kappa shape index (κ3) is 1.96. The van der Waals surface area contributed by atoms with Crippen LogP contribution < -0.4 is 0 Å². The number of nitrogens with one attached hydrogen (secondary N) is 1. The molecule has 0 aromatic carbocycles. The van der Waals surface area contributed by atoms with Gasteiger partial charge in [0, 0.05) is 26.1 Å². The Morgan fingerprint density at radius 2 is 2.17 bits per heavy atom.